The number of carbonyl (C=O) groups is 1. The van der Waals surface area contributed by atoms with Gasteiger partial charge in [-0.05, 0) is 111 Å². The number of benzene rings is 2. The first kappa shape index (κ1) is 29.2. The van der Waals surface area contributed by atoms with Gasteiger partial charge in [0.05, 0.1) is 10.7 Å². The average molecular weight is 633 g/mol. The molecule has 238 valence electrons. The van der Waals surface area contributed by atoms with Crippen LogP contribution in [0.3, 0.4) is 0 Å². The van der Waals surface area contributed by atoms with E-state index in [-0.39, 0.29) is 27.9 Å². The van der Waals surface area contributed by atoms with Crippen LogP contribution in [0.4, 0.5) is 15.8 Å². The molecule has 2 aromatic carbocycles. The minimum atomic E-state index is -3.33. The Morgan fingerprint density at radius 2 is 1.67 bits per heavy atom. The molecule has 0 atom stereocenters. The number of halogens is 1. The van der Waals surface area contributed by atoms with Gasteiger partial charge in [-0.2, -0.15) is 4.98 Å². The summed E-state index contributed by atoms with van der Waals surface area (Å²) in [6.07, 6.45) is 8.25. The lowest BCUT2D eigenvalue weighted by Gasteiger charge is -2.65. The number of hydrogen-bond acceptors (Lipinski definition) is 6. The summed E-state index contributed by atoms with van der Waals surface area (Å²) in [5.41, 5.74) is 1.45. The van der Waals surface area contributed by atoms with Crippen LogP contribution in [0.25, 0.3) is 11.1 Å². The van der Waals surface area contributed by atoms with Crippen molar-refractivity contribution < 1.29 is 22.1 Å². The molecule has 1 amide bonds. The topological polar surface area (TPSA) is 105 Å². The molecule has 10 rings (SSSR count). The molecule has 1 N–H and O–H groups in total. The van der Waals surface area contributed by atoms with Crippen LogP contribution in [0.5, 0.6) is 0 Å². The molecule has 0 radical (unpaired) electrons. The number of hydrogen-bond donors (Lipinski definition) is 1. The molecule has 7 fully saturated rings. The van der Waals surface area contributed by atoms with Crippen molar-refractivity contribution in [3.05, 3.63) is 60.2 Å². The van der Waals surface area contributed by atoms with E-state index in [1.807, 2.05) is 35.2 Å². The Morgan fingerprint density at radius 3 is 2.24 bits per heavy atom. The van der Waals surface area contributed by atoms with Gasteiger partial charge in [-0.3, -0.25) is 9.52 Å². The molecule has 7 aliphatic rings. The Hall–Kier alpha value is -3.27. The van der Waals surface area contributed by atoms with E-state index in [9.17, 15) is 17.6 Å². The van der Waals surface area contributed by atoms with Crippen LogP contribution in [-0.2, 0) is 20.2 Å². The first-order valence-corrected chi connectivity index (χ1v) is 18.0. The van der Waals surface area contributed by atoms with Crippen LogP contribution in [0.15, 0.2) is 53.1 Å². The van der Waals surface area contributed by atoms with Crippen molar-refractivity contribution in [3.8, 4) is 11.1 Å². The zero-order chi connectivity index (χ0) is 31.2. The predicted octanol–water partition coefficient (Wildman–Crippen LogP) is 7.28. The summed E-state index contributed by atoms with van der Waals surface area (Å²) in [7, 11) is -3.33. The fraction of sp³-hybridized carbons (Fsp3) is 0.571. The predicted molar refractivity (Wildman–Crippen MR) is 170 cm³/mol. The maximum absolute atomic E-state index is 14.6. The smallest absolute Gasteiger partial charge is 0.235 e. The number of carbonyl (C=O) groups excluding carboxylic acids is 1. The van der Waals surface area contributed by atoms with E-state index in [0.29, 0.717) is 44.3 Å². The molecule has 3 aromatic rings. The van der Waals surface area contributed by atoms with E-state index in [1.165, 1.54) is 0 Å². The number of aromatic nitrogens is 2. The van der Waals surface area contributed by atoms with E-state index in [1.54, 1.807) is 12.1 Å². The Bertz CT molecular complexity index is 1720. The number of sulfonamides is 1. The molecule has 0 spiro atoms. The zero-order valence-corrected chi connectivity index (χ0v) is 26.8. The van der Waals surface area contributed by atoms with Crippen LogP contribution in [0, 0.1) is 10.8 Å². The molecule has 0 aliphatic heterocycles. The third kappa shape index (κ3) is 4.89. The lowest BCUT2D eigenvalue weighted by molar-refractivity contribution is -0.211. The van der Waals surface area contributed by atoms with Gasteiger partial charge in [0.15, 0.2) is 5.82 Å². The van der Waals surface area contributed by atoms with E-state index in [4.69, 9.17) is 9.51 Å². The Labute approximate surface area is 264 Å². The highest BCUT2D eigenvalue weighted by atomic mass is 32.2. The van der Waals surface area contributed by atoms with Crippen molar-refractivity contribution in [2.24, 2.45) is 10.8 Å². The van der Waals surface area contributed by atoms with Gasteiger partial charge >= 0.3 is 0 Å². The average Bonchev–Trinajstić information content (AvgIpc) is 3.76. The van der Waals surface area contributed by atoms with E-state index in [0.717, 1.165) is 67.1 Å². The lowest BCUT2D eigenvalue weighted by atomic mass is 9.41. The summed E-state index contributed by atoms with van der Waals surface area (Å²) in [6.45, 7) is 4.77. The lowest BCUT2D eigenvalue weighted by Crippen LogP contribution is -2.71. The van der Waals surface area contributed by atoms with Crippen molar-refractivity contribution in [1.82, 2.24) is 10.1 Å². The number of amides is 1. The van der Waals surface area contributed by atoms with Gasteiger partial charge in [-0.15, -0.1) is 0 Å². The van der Waals surface area contributed by atoms with E-state index >= 15 is 0 Å². The largest absolute Gasteiger partial charge is 0.339 e. The van der Waals surface area contributed by atoms with Crippen molar-refractivity contribution in [3.63, 3.8) is 0 Å². The highest BCUT2D eigenvalue weighted by Crippen LogP contribution is 2.70. The van der Waals surface area contributed by atoms with Crippen LogP contribution in [-0.4, -0.2) is 41.9 Å². The first-order chi connectivity index (χ1) is 21.4. The van der Waals surface area contributed by atoms with Crippen molar-refractivity contribution in [2.45, 2.75) is 107 Å². The maximum Gasteiger partial charge on any atom is 0.235 e. The van der Waals surface area contributed by atoms with Gasteiger partial charge in [0.25, 0.3) is 0 Å². The third-order valence-electron chi connectivity index (χ3n) is 11.6. The van der Waals surface area contributed by atoms with Crippen LogP contribution in [0.2, 0.25) is 0 Å². The molecule has 8 nitrogen and oxygen atoms in total. The summed E-state index contributed by atoms with van der Waals surface area (Å²) in [5.74, 6) is 1.81. The van der Waals surface area contributed by atoms with Gasteiger partial charge in [-0.1, -0.05) is 43.3 Å². The summed E-state index contributed by atoms with van der Waals surface area (Å²) in [4.78, 5) is 21.0. The second-order valence-corrected chi connectivity index (χ2v) is 17.2. The normalized spacial score (nSPS) is 31.7. The fourth-order valence-corrected chi connectivity index (χ4v) is 9.90. The van der Waals surface area contributed by atoms with Crippen LogP contribution < -0.4 is 9.62 Å². The molecule has 10 heteroatoms. The second kappa shape index (κ2) is 9.86. The van der Waals surface area contributed by atoms with Gasteiger partial charge < -0.3 is 9.42 Å². The zero-order valence-electron chi connectivity index (χ0n) is 26.0. The molecule has 7 saturated carbocycles. The van der Waals surface area contributed by atoms with Gasteiger partial charge in [-0.25, -0.2) is 12.8 Å². The van der Waals surface area contributed by atoms with Crippen LogP contribution in [0.1, 0.15) is 102 Å². The van der Waals surface area contributed by atoms with Crippen molar-refractivity contribution in [1.29, 1.82) is 0 Å². The minimum absolute atomic E-state index is 0.00831. The number of anilines is 2. The summed E-state index contributed by atoms with van der Waals surface area (Å²) >= 11 is 0. The molecule has 7 aliphatic carbocycles. The molecule has 4 bridgehead atoms. The SMILES string of the molecule is CC(C)c1noc(C23CCC(CN(C(=O)C45CC(F)(C4)C5)c4cccc(-c5ccc(NS(=O)(=O)C6CC6)cc5)c4)(CC2)CC3)n1. The number of fused-ring (bicyclic) bond motifs is 3. The second-order valence-electron chi connectivity index (χ2n) is 15.2. The molecule has 1 aromatic heterocycles. The summed E-state index contributed by atoms with van der Waals surface area (Å²) in [5, 5.41) is 3.96. The van der Waals surface area contributed by atoms with Crippen LogP contribution >= 0.6 is 0 Å². The molecule has 0 saturated heterocycles. The maximum atomic E-state index is 14.6. The number of nitrogens with one attached hydrogen (secondary N) is 1. The van der Waals surface area contributed by atoms with Gasteiger partial charge in [0.2, 0.25) is 21.8 Å². The standard InChI is InChI=1S/C35H41FN4O4S/c1-23(2)29-37-30(44-38-29)33-15-12-32(13-16-33,14-17-33)22-40(31(41)34-19-35(36,20-34)21-34)27-5-3-4-25(18-27)24-6-8-26(9-7-24)39-45(42,43)28-10-11-28/h3-9,18,23,28,39H,10-17,19-22H2,1-2H3. The highest BCUT2D eigenvalue weighted by molar-refractivity contribution is 7.93. The fourth-order valence-electron chi connectivity index (χ4n) is 8.51. The Balaban J connectivity index is 1.04. The number of nitrogens with zero attached hydrogens (tertiary/aromatic N) is 3. The first-order valence-electron chi connectivity index (χ1n) is 16.5. The van der Waals surface area contributed by atoms with Gasteiger partial charge in [0.1, 0.15) is 5.67 Å². The molecule has 1 heterocycles. The van der Waals surface area contributed by atoms with Crippen molar-refractivity contribution >= 4 is 27.3 Å². The van der Waals surface area contributed by atoms with E-state index < -0.39 is 21.1 Å². The number of alkyl halides is 1. The molecule has 45 heavy (non-hydrogen) atoms. The Morgan fingerprint density at radius 1 is 1.00 bits per heavy atom. The quantitative estimate of drug-likeness (QED) is 0.252. The molecular weight excluding hydrogens is 591 g/mol. The van der Waals surface area contributed by atoms with Gasteiger partial charge in [0, 0.05) is 29.3 Å². The monoisotopic (exact) mass is 632 g/mol. The highest BCUT2D eigenvalue weighted by Gasteiger charge is 2.73. The summed E-state index contributed by atoms with van der Waals surface area (Å²) in [6, 6.07) is 15.4. The van der Waals surface area contributed by atoms with E-state index in [2.05, 4.69) is 29.8 Å². The third-order valence-corrected chi connectivity index (χ3v) is 13.4. The Kier molecular flexibility index (Phi) is 6.39. The number of rotatable bonds is 10. The molecular formula is C35H41FN4O4S. The van der Waals surface area contributed by atoms with Crippen molar-refractivity contribution in [2.75, 3.05) is 16.2 Å². The molecule has 0 unspecified atom stereocenters. The summed E-state index contributed by atoms with van der Waals surface area (Å²) < 4.78 is 47.9. The minimum Gasteiger partial charge on any atom is -0.339 e.